The summed E-state index contributed by atoms with van der Waals surface area (Å²) in [4.78, 5) is 4.57. The largest absolute Gasteiger partial charge is 0.257 e. The van der Waals surface area contributed by atoms with Crippen LogP contribution in [0.4, 0.5) is 0 Å². The first-order valence-electron chi connectivity index (χ1n) is 6.47. The fraction of sp³-hybridized carbons (Fsp3) is 0.267. The lowest BCUT2D eigenvalue weighted by molar-refractivity contribution is 0.462. The van der Waals surface area contributed by atoms with Gasteiger partial charge in [0, 0.05) is 18.6 Å². The van der Waals surface area contributed by atoms with Crippen LogP contribution in [-0.2, 0) is 22.4 Å². The molecule has 0 saturated heterocycles. The zero-order chi connectivity index (χ0) is 15.5. The fourth-order valence-electron chi connectivity index (χ4n) is 1.97. The molecule has 1 aromatic heterocycles. The van der Waals surface area contributed by atoms with E-state index in [0.29, 0.717) is 0 Å². The van der Waals surface area contributed by atoms with Crippen LogP contribution < -0.4 is 0 Å². The van der Waals surface area contributed by atoms with Crippen molar-refractivity contribution < 1.29 is 8.42 Å². The summed E-state index contributed by atoms with van der Waals surface area (Å²) >= 11 is 5.76. The molecule has 0 radical (unpaired) electrons. The highest BCUT2D eigenvalue weighted by Crippen LogP contribution is 2.18. The molecule has 0 amide bonds. The van der Waals surface area contributed by atoms with Gasteiger partial charge in [-0.1, -0.05) is 18.2 Å². The van der Waals surface area contributed by atoms with Gasteiger partial charge in [0.15, 0.2) is 0 Å². The van der Waals surface area contributed by atoms with Crippen molar-refractivity contribution in [3.63, 3.8) is 0 Å². The van der Waals surface area contributed by atoms with E-state index in [9.17, 15) is 8.42 Å². The maximum Gasteiger partial charge on any atom is 0.243 e. The Morgan fingerprint density at radius 2 is 1.90 bits per heavy atom. The van der Waals surface area contributed by atoms with E-state index in [1.165, 1.54) is 4.31 Å². The van der Waals surface area contributed by atoms with E-state index in [1.54, 1.807) is 31.3 Å². The van der Waals surface area contributed by atoms with Crippen LogP contribution >= 0.6 is 11.6 Å². The number of aromatic nitrogens is 1. The van der Waals surface area contributed by atoms with Crippen molar-refractivity contribution in [3.05, 3.63) is 59.4 Å². The maximum absolute atomic E-state index is 12.5. The second-order valence-electron chi connectivity index (χ2n) is 4.81. The lowest BCUT2D eigenvalue weighted by Gasteiger charge is -2.17. The number of aryl methyl sites for hydroxylation is 1. The number of halogens is 1. The first-order valence-corrected chi connectivity index (χ1v) is 8.45. The van der Waals surface area contributed by atoms with E-state index in [0.717, 1.165) is 17.0 Å². The molecule has 1 heterocycles. The van der Waals surface area contributed by atoms with Gasteiger partial charge in [0.25, 0.3) is 0 Å². The van der Waals surface area contributed by atoms with Crippen molar-refractivity contribution in [1.29, 1.82) is 0 Å². The summed E-state index contributed by atoms with van der Waals surface area (Å²) < 4.78 is 26.4. The molecule has 0 unspecified atom stereocenters. The lowest BCUT2D eigenvalue weighted by Crippen LogP contribution is -2.27. The summed E-state index contributed by atoms with van der Waals surface area (Å²) in [7, 11) is -2.00. The van der Waals surface area contributed by atoms with Crippen LogP contribution in [0, 0.1) is 6.92 Å². The van der Waals surface area contributed by atoms with Gasteiger partial charge in [-0.05, 0) is 36.8 Å². The molecule has 1 aromatic carbocycles. The Labute approximate surface area is 130 Å². The smallest absolute Gasteiger partial charge is 0.243 e. The standard InChI is InChI=1S/C15H17ClN2O2S/c1-12-5-3-7-14(17-12)11-18(2)21(19,20)15-8-4-6-13(9-15)10-16/h3-9H,10-11H2,1-2H3. The maximum atomic E-state index is 12.5. The number of hydrogen-bond donors (Lipinski definition) is 0. The molecule has 21 heavy (non-hydrogen) atoms. The highest BCUT2D eigenvalue weighted by atomic mass is 35.5. The molecule has 0 spiro atoms. The van der Waals surface area contributed by atoms with E-state index in [2.05, 4.69) is 4.98 Å². The van der Waals surface area contributed by atoms with Crippen LogP contribution in [0.3, 0.4) is 0 Å². The van der Waals surface area contributed by atoms with Gasteiger partial charge >= 0.3 is 0 Å². The second-order valence-corrected chi connectivity index (χ2v) is 7.12. The molecule has 0 aliphatic carbocycles. The molecule has 0 aliphatic rings. The Kier molecular flexibility index (Phi) is 4.98. The molecule has 0 N–H and O–H groups in total. The van der Waals surface area contributed by atoms with Gasteiger partial charge in [-0.25, -0.2) is 8.42 Å². The fourth-order valence-corrected chi connectivity index (χ4v) is 3.35. The summed E-state index contributed by atoms with van der Waals surface area (Å²) in [6, 6.07) is 12.2. The quantitative estimate of drug-likeness (QED) is 0.794. The molecule has 112 valence electrons. The van der Waals surface area contributed by atoms with Crippen LogP contribution in [-0.4, -0.2) is 24.8 Å². The number of pyridine rings is 1. The number of hydrogen-bond acceptors (Lipinski definition) is 3. The van der Waals surface area contributed by atoms with Crippen molar-refractivity contribution >= 4 is 21.6 Å². The van der Waals surface area contributed by atoms with Crippen molar-refractivity contribution in [2.24, 2.45) is 0 Å². The predicted octanol–water partition coefficient (Wildman–Crippen LogP) is 2.95. The third kappa shape index (κ3) is 3.81. The first kappa shape index (κ1) is 15.9. The van der Waals surface area contributed by atoms with E-state index in [4.69, 9.17) is 11.6 Å². The van der Waals surface area contributed by atoms with Crippen LogP contribution in [0.1, 0.15) is 17.0 Å². The SMILES string of the molecule is Cc1cccc(CN(C)S(=O)(=O)c2cccc(CCl)c2)n1. The topological polar surface area (TPSA) is 50.3 Å². The Morgan fingerprint density at radius 3 is 2.57 bits per heavy atom. The number of alkyl halides is 1. The van der Waals surface area contributed by atoms with Crippen molar-refractivity contribution in [3.8, 4) is 0 Å². The van der Waals surface area contributed by atoms with Gasteiger partial charge in [-0.3, -0.25) is 4.98 Å². The normalized spacial score (nSPS) is 11.8. The molecule has 0 saturated carbocycles. The summed E-state index contributed by atoms with van der Waals surface area (Å²) in [5, 5.41) is 0. The minimum Gasteiger partial charge on any atom is -0.257 e. The highest BCUT2D eigenvalue weighted by molar-refractivity contribution is 7.89. The molecule has 0 atom stereocenters. The molecule has 6 heteroatoms. The van der Waals surface area contributed by atoms with Gasteiger partial charge in [0.2, 0.25) is 10.0 Å². The summed E-state index contributed by atoms with van der Waals surface area (Å²) in [6.45, 7) is 2.11. The van der Waals surface area contributed by atoms with Gasteiger partial charge in [0.1, 0.15) is 0 Å². The third-order valence-electron chi connectivity index (χ3n) is 3.09. The number of nitrogens with zero attached hydrogens (tertiary/aromatic N) is 2. The molecule has 0 aliphatic heterocycles. The monoisotopic (exact) mass is 324 g/mol. The van der Waals surface area contributed by atoms with Crippen LogP contribution in [0.15, 0.2) is 47.4 Å². The molecule has 2 rings (SSSR count). The predicted molar refractivity (Wildman–Crippen MR) is 83.6 cm³/mol. The Hall–Kier alpha value is -1.43. The van der Waals surface area contributed by atoms with Crippen molar-refractivity contribution in [2.75, 3.05) is 7.05 Å². The minimum atomic E-state index is -3.55. The number of benzene rings is 1. The zero-order valence-corrected chi connectivity index (χ0v) is 13.5. The first-order chi connectivity index (χ1) is 9.93. The van der Waals surface area contributed by atoms with Gasteiger partial charge in [-0.15, -0.1) is 11.6 Å². The second kappa shape index (κ2) is 6.56. The molecule has 0 fully saturated rings. The molecule has 4 nitrogen and oxygen atoms in total. The summed E-state index contributed by atoms with van der Waals surface area (Å²) in [5.74, 6) is 0.284. The molecular weight excluding hydrogens is 308 g/mol. The van der Waals surface area contributed by atoms with Gasteiger partial charge in [-0.2, -0.15) is 4.31 Å². The van der Waals surface area contributed by atoms with Crippen LogP contribution in [0.5, 0.6) is 0 Å². The van der Waals surface area contributed by atoms with Crippen molar-refractivity contribution in [2.45, 2.75) is 24.2 Å². The van der Waals surface area contributed by atoms with E-state index in [-0.39, 0.29) is 17.3 Å². The minimum absolute atomic E-state index is 0.231. The zero-order valence-electron chi connectivity index (χ0n) is 12.0. The average molecular weight is 325 g/mol. The summed E-state index contributed by atoms with van der Waals surface area (Å²) in [6.07, 6.45) is 0. The average Bonchev–Trinajstić information content (AvgIpc) is 2.47. The molecule has 2 aromatic rings. The van der Waals surface area contributed by atoms with Crippen LogP contribution in [0.25, 0.3) is 0 Å². The Bertz CT molecular complexity index is 732. The number of sulfonamides is 1. The molecule has 0 bridgehead atoms. The highest BCUT2D eigenvalue weighted by Gasteiger charge is 2.21. The lowest BCUT2D eigenvalue weighted by atomic mass is 10.2. The van der Waals surface area contributed by atoms with E-state index in [1.807, 2.05) is 25.1 Å². The third-order valence-corrected chi connectivity index (χ3v) is 5.20. The van der Waals surface area contributed by atoms with E-state index >= 15 is 0 Å². The van der Waals surface area contributed by atoms with Gasteiger partial charge < -0.3 is 0 Å². The summed E-state index contributed by atoms with van der Waals surface area (Å²) in [5.41, 5.74) is 2.36. The number of rotatable bonds is 5. The van der Waals surface area contributed by atoms with Gasteiger partial charge in [0.05, 0.1) is 17.1 Å². The van der Waals surface area contributed by atoms with Crippen molar-refractivity contribution in [1.82, 2.24) is 9.29 Å². The Balaban J connectivity index is 2.26. The molecular formula is C15H17ClN2O2S. The van der Waals surface area contributed by atoms with Crippen LogP contribution in [0.2, 0.25) is 0 Å². The van der Waals surface area contributed by atoms with E-state index < -0.39 is 10.0 Å². The Morgan fingerprint density at radius 1 is 1.19 bits per heavy atom.